The average Bonchev–Trinajstić information content (AvgIpc) is 2.28. The van der Waals surface area contributed by atoms with Crippen molar-refractivity contribution in [2.75, 3.05) is 7.11 Å². The van der Waals surface area contributed by atoms with Crippen molar-refractivity contribution in [2.24, 2.45) is 5.73 Å². The largest absolute Gasteiger partial charge is 0.496 e. The summed E-state index contributed by atoms with van der Waals surface area (Å²) in [5.74, 6) is -0.169. The van der Waals surface area contributed by atoms with Crippen molar-refractivity contribution in [3.05, 3.63) is 35.3 Å². The molecule has 0 saturated carbocycles. The van der Waals surface area contributed by atoms with Gasteiger partial charge in [-0.2, -0.15) is 0 Å². The van der Waals surface area contributed by atoms with Crippen LogP contribution in [0.5, 0.6) is 5.75 Å². The molecule has 0 atom stereocenters. The lowest BCUT2D eigenvalue weighted by molar-refractivity contribution is 0.419. The molecule has 0 amide bonds. The van der Waals surface area contributed by atoms with Crippen molar-refractivity contribution in [3.8, 4) is 5.75 Å². The Morgan fingerprint density at radius 3 is 2.71 bits per heavy atom. The summed E-state index contributed by atoms with van der Waals surface area (Å²) in [6.07, 6.45) is 0. The van der Waals surface area contributed by atoms with E-state index in [4.69, 9.17) is 15.9 Å². The van der Waals surface area contributed by atoms with E-state index in [9.17, 15) is 4.39 Å². The molecular formula is C12H12FN3O. The Hall–Kier alpha value is -2.17. The molecule has 1 aromatic heterocycles. The maximum Gasteiger partial charge on any atom is 0.150 e. The van der Waals surface area contributed by atoms with E-state index in [2.05, 4.69) is 4.98 Å². The molecule has 17 heavy (non-hydrogen) atoms. The Morgan fingerprint density at radius 1 is 1.41 bits per heavy atom. The van der Waals surface area contributed by atoms with Crippen LogP contribution < -0.4 is 10.5 Å². The number of halogens is 1. The molecule has 0 aliphatic carbocycles. The minimum Gasteiger partial charge on any atom is -0.496 e. The third-order valence-corrected chi connectivity index (χ3v) is 2.49. The standard InChI is InChI=1S/C12H12FN3O/c1-6-3-10(17-2)8-4-7(12(14)15)5-9(13)11(8)16-6/h3-5H,1-2H3,(H3,14,15). The molecule has 0 radical (unpaired) electrons. The second-order valence-corrected chi connectivity index (χ2v) is 3.73. The van der Waals surface area contributed by atoms with Crippen molar-refractivity contribution >= 4 is 16.7 Å². The van der Waals surface area contributed by atoms with Crippen LogP contribution in [-0.2, 0) is 0 Å². The number of ether oxygens (including phenoxy) is 1. The summed E-state index contributed by atoms with van der Waals surface area (Å²) in [6.45, 7) is 1.76. The number of nitrogen functional groups attached to an aromatic ring is 1. The molecule has 0 unspecified atom stereocenters. The molecule has 0 saturated heterocycles. The maximum atomic E-state index is 13.8. The molecule has 0 spiro atoms. The highest BCUT2D eigenvalue weighted by Gasteiger charge is 2.11. The van der Waals surface area contributed by atoms with Crippen LogP contribution in [0, 0.1) is 18.2 Å². The van der Waals surface area contributed by atoms with Crippen LogP contribution in [0.15, 0.2) is 18.2 Å². The minimum atomic E-state index is -0.505. The molecule has 3 N–H and O–H groups in total. The molecule has 2 rings (SSSR count). The third kappa shape index (κ3) is 1.91. The van der Waals surface area contributed by atoms with Gasteiger partial charge in [0.1, 0.15) is 22.9 Å². The van der Waals surface area contributed by atoms with E-state index < -0.39 is 5.82 Å². The van der Waals surface area contributed by atoms with Crippen LogP contribution >= 0.6 is 0 Å². The first kappa shape index (κ1) is 11.3. The van der Waals surface area contributed by atoms with Gasteiger partial charge < -0.3 is 10.5 Å². The highest BCUT2D eigenvalue weighted by Crippen LogP contribution is 2.28. The van der Waals surface area contributed by atoms with Crippen LogP contribution in [0.3, 0.4) is 0 Å². The van der Waals surface area contributed by atoms with E-state index >= 15 is 0 Å². The fraction of sp³-hybridized carbons (Fsp3) is 0.167. The van der Waals surface area contributed by atoms with E-state index in [-0.39, 0.29) is 11.4 Å². The van der Waals surface area contributed by atoms with E-state index in [0.29, 0.717) is 22.4 Å². The third-order valence-electron chi connectivity index (χ3n) is 2.49. The van der Waals surface area contributed by atoms with Gasteiger partial charge in [0.15, 0.2) is 0 Å². The van der Waals surface area contributed by atoms with Gasteiger partial charge in [-0.15, -0.1) is 0 Å². The van der Waals surface area contributed by atoms with E-state index in [1.807, 2.05) is 0 Å². The van der Waals surface area contributed by atoms with Gasteiger partial charge in [-0.25, -0.2) is 9.37 Å². The number of aromatic nitrogens is 1. The number of nitrogens with zero attached hydrogens (tertiary/aromatic N) is 1. The molecule has 1 heterocycles. The van der Waals surface area contributed by atoms with Crippen molar-refractivity contribution in [1.29, 1.82) is 5.41 Å². The maximum absolute atomic E-state index is 13.8. The first-order chi connectivity index (χ1) is 8.02. The summed E-state index contributed by atoms with van der Waals surface area (Å²) in [5.41, 5.74) is 6.57. The monoisotopic (exact) mass is 233 g/mol. The Labute approximate surface area is 97.7 Å². The lowest BCUT2D eigenvalue weighted by Crippen LogP contribution is -2.11. The lowest BCUT2D eigenvalue weighted by Gasteiger charge is -2.09. The van der Waals surface area contributed by atoms with Crippen LogP contribution in [0.2, 0.25) is 0 Å². The van der Waals surface area contributed by atoms with Gasteiger partial charge in [-0.3, -0.25) is 5.41 Å². The van der Waals surface area contributed by atoms with Crippen molar-refractivity contribution in [3.63, 3.8) is 0 Å². The number of rotatable bonds is 2. The lowest BCUT2D eigenvalue weighted by atomic mass is 10.1. The predicted octanol–water partition coefficient (Wildman–Crippen LogP) is 1.97. The highest BCUT2D eigenvalue weighted by molar-refractivity contribution is 6.00. The number of hydrogen-bond donors (Lipinski definition) is 2. The Balaban J connectivity index is 2.86. The number of benzene rings is 1. The molecule has 2 aromatic rings. The molecule has 88 valence electrons. The molecule has 0 aliphatic heterocycles. The van der Waals surface area contributed by atoms with Gasteiger partial charge in [-0.05, 0) is 19.1 Å². The topological polar surface area (TPSA) is 72.0 Å². The Bertz CT molecular complexity index is 610. The normalized spacial score (nSPS) is 10.5. The van der Waals surface area contributed by atoms with Crippen LogP contribution in [0.4, 0.5) is 4.39 Å². The van der Waals surface area contributed by atoms with Gasteiger partial charge in [0.05, 0.1) is 7.11 Å². The zero-order chi connectivity index (χ0) is 12.6. The van der Waals surface area contributed by atoms with Crippen molar-refractivity contribution in [1.82, 2.24) is 4.98 Å². The van der Waals surface area contributed by atoms with Gasteiger partial charge in [0.2, 0.25) is 0 Å². The number of fused-ring (bicyclic) bond motifs is 1. The summed E-state index contributed by atoms with van der Waals surface area (Å²) in [7, 11) is 1.51. The van der Waals surface area contributed by atoms with Gasteiger partial charge in [-0.1, -0.05) is 0 Å². The summed E-state index contributed by atoms with van der Waals surface area (Å²) in [6, 6.07) is 4.52. The Kier molecular flexibility index (Phi) is 2.67. The van der Waals surface area contributed by atoms with E-state index in [1.54, 1.807) is 19.1 Å². The summed E-state index contributed by atoms with van der Waals surface area (Å²) < 4.78 is 19.0. The molecule has 0 fully saturated rings. The molecular weight excluding hydrogens is 221 g/mol. The number of nitrogens with one attached hydrogen (secondary N) is 1. The zero-order valence-corrected chi connectivity index (χ0v) is 9.54. The van der Waals surface area contributed by atoms with Crippen molar-refractivity contribution in [2.45, 2.75) is 6.92 Å². The smallest absolute Gasteiger partial charge is 0.150 e. The van der Waals surface area contributed by atoms with Gasteiger partial charge in [0.25, 0.3) is 0 Å². The fourth-order valence-corrected chi connectivity index (χ4v) is 1.70. The molecule has 4 nitrogen and oxygen atoms in total. The number of nitrogens with two attached hydrogens (primary N) is 1. The predicted molar refractivity (Wildman–Crippen MR) is 64.0 cm³/mol. The SMILES string of the molecule is COc1cc(C)nc2c(F)cc(C(=N)N)cc12. The van der Waals surface area contributed by atoms with Crippen LogP contribution in [0.25, 0.3) is 10.9 Å². The molecule has 0 bridgehead atoms. The summed E-state index contributed by atoms with van der Waals surface area (Å²) in [5, 5.41) is 7.84. The highest BCUT2D eigenvalue weighted by atomic mass is 19.1. The van der Waals surface area contributed by atoms with Gasteiger partial charge >= 0.3 is 0 Å². The number of pyridine rings is 1. The molecule has 0 aliphatic rings. The second kappa shape index (κ2) is 4.01. The second-order valence-electron chi connectivity index (χ2n) is 3.73. The summed E-state index contributed by atoms with van der Waals surface area (Å²) in [4.78, 5) is 4.12. The number of methoxy groups -OCH3 is 1. The first-order valence-electron chi connectivity index (χ1n) is 5.02. The minimum absolute atomic E-state index is 0.187. The molecule has 5 heteroatoms. The number of amidine groups is 1. The fourth-order valence-electron chi connectivity index (χ4n) is 1.70. The van der Waals surface area contributed by atoms with E-state index in [1.165, 1.54) is 13.2 Å². The summed E-state index contributed by atoms with van der Waals surface area (Å²) >= 11 is 0. The Morgan fingerprint density at radius 2 is 2.12 bits per heavy atom. The first-order valence-corrected chi connectivity index (χ1v) is 5.02. The quantitative estimate of drug-likeness (QED) is 0.615. The van der Waals surface area contributed by atoms with E-state index in [0.717, 1.165) is 0 Å². The average molecular weight is 233 g/mol. The van der Waals surface area contributed by atoms with Crippen LogP contribution in [0.1, 0.15) is 11.3 Å². The number of hydrogen-bond acceptors (Lipinski definition) is 3. The van der Waals surface area contributed by atoms with Crippen LogP contribution in [-0.4, -0.2) is 17.9 Å². The zero-order valence-electron chi connectivity index (χ0n) is 9.54. The molecule has 1 aromatic carbocycles. The number of aryl methyl sites for hydroxylation is 1. The van der Waals surface area contributed by atoms with Crippen molar-refractivity contribution < 1.29 is 9.13 Å². The van der Waals surface area contributed by atoms with Gasteiger partial charge in [0, 0.05) is 22.7 Å².